The minimum atomic E-state index is -0.0761. The van der Waals surface area contributed by atoms with Crippen molar-refractivity contribution in [2.75, 3.05) is 7.05 Å². The van der Waals surface area contributed by atoms with Crippen LogP contribution in [0.4, 0.5) is 5.69 Å². The Kier molecular flexibility index (Phi) is 4.72. The van der Waals surface area contributed by atoms with Gasteiger partial charge >= 0.3 is 0 Å². The van der Waals surface area contributed by atoms with Gasteiger partial charge in [-0.2, -0.15) is 0 Å². The number of phenols is 1. The molecule has 0 spiro atoms. The Labute approximate surface area is 152 Å². The monoisotopic (exact) mass is 436 g/mol. The fourth-order valence-corrected chi connectivity index (χ4v) is 3.56. The highest BCUT2D eigenvalue weighted by Gasteiger charge is 2.30. The molecule has 0 bridgehead atoms. The number of halogens is 1. The lowest BCUT2D eigenvalue weighted by Crippen LogP contribution is -2.23. The molecular formula is C17H13IN2O2S. The number of carbonyl (C=O) groups excluding carboxylic acids is 1. The molecule has 0 saturated carbocycles. The Morgan fingerprint density at radius 3 is 2.65 bits per heavy atom. The van der Waals surface area contributed by atoms with Gasteiger partial charge < -0.3 is 5.11 Å². The number of hydrogen-bond donors (Lipinski definition) is 1. The van der Waals surface area contributed by atoms with Gasteiger partial charge in [0.2, 0.25) is 0 Å². The van der Waals surface area contributed by atoms with Crippen LogP contribution in [-0.4, -0.2) is 28.1 Å². The van der Waals surface area contributed by atoms with Gasteiger partial charge in [0, 0.05) is 7.05 Å². The van der Waals surface area contributed by atoms with Gasteiger partial charge in [0.15, 0.2) is 5.17 Å². The van der Waals surface area contributed by atoms with Crippen molar-refractivity contribution in [2.24, 2.45) is 4.99 Å². The van der Waals surface area contributed by atoms with Crippen molar-refractivity contribution in [2.45, 2.75) is 0 Å². The lowest BCUT2D eigenvalue weighted by atomic mass is 10.2. The fraction of sp³-hybridized carbons (Fsp3) is 0.0588. The molecule has 23 heavy (non-hydrogen) atoms. The molecule has 1 fully saturated rings. The zero-order valence-electron chi connectivity index (χ0n) is 12.2. The van der Waals surface area contributed by atoms with Crippen LogP contribution in [0.5, 0.6) is 5.75 Å². The van der Waals surface area contributed by atoms with Crippen LogP contribution in [0.1, 0.15) is 5.56 Å². The highest BCUT2D eigenvalue weighted by atomic mass is 127. The lowest BCUT2D eigenvalue weighted by molar-refractivity contribution is -0.121. The maximum Gasteiger partial charge on any atom is 0.266 e. The molecule has 1 saturated heterocycles. The molecule has 2 aromatic rings. The molecular weight excluding hydrogens is 423 g/mol. The number of thioether (sulfide) groups is 1. The predicted octanol–water partition coefficient (Wildman–Crippen LogP) is 4.23. The summed E-state index contributed by atoms with van der Waals surface area (Å²) in [5.74, 6) is 0.161. The van der Waals surface area contributed by atoms with Crippen molar-refractivity contribution in [3.05, 3.63) is 62.6 Å². The molecule has 0 radical (unpaired) electrons. The van der Waals surface area contributed by atoms with Crippen LogP contribution in [-0.2, 0) is 4.79 Å². The van der Waals surface area contributed by atoms with Crippen LogP contribution in [0.3, 0.4) is 0 Å². The van der Waals surface area contributed by atoms with Gasteiger partial charge in [0.1, 0.15) is 5.75 Å². The zero-order chi connectivity index (χ0) is 16.4. The number of rotatable bonds is 2. The van der Waals surface area contributed by atoms with E-state index in [9.17, 15) is 9.90 Å². The van der Waals surface area contributed by atoms with Crippen molar-refractivity contribution in [3.8, 4) is 5.75 Å². The summed E-state index contributed by atoms with van der Waals surface area (Å²) in [7, 11) is 1.72. The first-order valence-corrected chi connectivity index (χ1v) is 8.74. The Hall–Kier alpha value is -1.80. The van der Waals surface area contributed by atoms with E-state index in [2.05, 4.69) is 27.6 Å². The quantitative estimate of drug-likeness (QED) is 0.567. The van der Waals surface area contributed by atoms with E-state index in [0.29, 0.717) is 10.1 Å². The van der Waals surface area contributed by atoms with Crippen molar-refractivity contribution in [1.82, 2.24) is 4.90 Å². The average Bonchev–Trinajstić information content (AvgIpc) is 2.80. The second-order valence-corrected chi connectivity index (χ2v) is 7.09. The number of carbonyl (C=O) groups is 1. The third-order valence-corrected chi connectivity index (χ3v) is 5.18. The number of para-hydroxylation sites is 1. The topological polar surface area (TPSA) is 52.9 Å². The molecule has 0 unspecified atom stereocenters. The number of aliphatic imine (C=N–C) groups is 1. The van der Waals surface area contributed by atoms with Gasteiger partial charge in [-0.15, -0.1) is 0 Å². The molecule has 1 heterocycles. The van der Waals surface area contributed by atoms with E-state index in [0.717, 1.165) is 14.8 Å². The summed E-state index contributed by atoms with van der Waals surface area (Å²) in [6.07, 6.45) is 1.82. The van der Waals surface area contributed by atoms with Gasteiger partial charge in [0.05, 0.1) is 14.2 Å². The van der Waals surface area contributed by atoms with Gasteiger partial charge in [-0.25, -0.2) is 4.99 Å². The first-order valence-electron chi connectivity index (χ1n) is 6.84. The normalized spacial score (nSPS) is 18.2. The van der Waals surface area contributed by atoms with Crippen LogP contribution in [0.15, 0.2) is 58.4 Å². The summed E-state index contributed by atoms with van der Waals surface area (Å²) < 4.78 is 0.749. The molecule has 4 nitrogen and oxygen atoms in total. The SMILES string of the molecule is CN1C(=O)/C(=C/c2ccc(O)c(I)c2)SC1=Nc1ccccc1. The summed E-state index contributed by atoms with van der Waals surface area (Å²) in [5, 5.41) is 10.2. The highest BCUT2D eigenvalue weighted by Crippen LogP contribution is 2.33. The van der Waals surface area contributed by atoms with Crippen LogP contribution in [0, 0.1) is 3.57 Å². The number of hydrogen-bond acceptors (Lipinski definition) is 4. The molecule has 0 aromatic heterocycles. The molecule has 1 N–H and O–H groups in total. The lowest BCUT2D eigenvalue weighted by Gasteiger charge is -2.06. The largest absolute Gasteiger partial charge is 0.507 e. The number of amidine groups is 1. The maximum atomic E-state index is 12.4. The van der Waals surface area contributed by atoms with Crippen molar-refractivity contribution in [1.29, 1.82) is 0 Å². The highest BCUT2D eigenvalue weighted by molar-refractivity contribution is 14.1. The minimum absolute atomic E-state index is 0.0761. The van der Waals surface area contributed by atoms with Gasteiger partial charge in [-0.1, -0.05) is 24.3 Å². The van der Waals surface area contributed by atoms with Crippen molar-refractivity contribution < 1.29 is 9.90 Å². The first-order chi connectivity index (χ1) is 11.0. The van der Waals surface area contributed by atoms with E-state index in [1.54, 1.807) is 24.1 Å². The second-order valence-electron chi connectivity index (χ2n) is 4.92. The smallest absolute Gasteiger partial charge is 0.266 e. The summed E-state index contributed by atoms with van der Waals surface area (Å²) in [5.41, 5.74) is 1.69. The third kappa shape index (κ3) is 3.59. The first kappa shape index (κ1) is 16.1. The number of aromatic hydroxyl groups is 1. The number of amides is 1. The number of benzene rings is 2. The van der Waals surface area contributed by atoms with E-state index in [-0.39, 0.29) is 11.7 Å². The summed E-state index contributed by atoms with van der Waals surface area (Å²) in [4.78, 5) is 19.0. The van der Waals surface area contributed by atoms with Crippen LogP contribution >= 0.6 is 34.4 Å². The molecule has 3 rings (SSSR count). The van der Waals surface area contributed by atoms with E-state index in [1.807, 2.05) is 42.5 Å². The molecule has 1 amide bonds. The van der Waals surface area contributed by atoms with E-state index < -0.39 is 0 Å². The van der Waals surface area contributed by atoms with E-state index in [1.165, 1.54) is 11.8 Å². The van der Waals surface area contributed by atoms with Gasteiger partial charge in [0.25, 0.3) is 5.91 Å². The van der Waals surface area contributed by atoms with Crippen molar-refractivity contribution in [3.63, 3.8) is 0 Å². The van der Waals surface area contributed by atoms with Crippen LogP contribution < -0.4 is 0 Å². The zero-order valence-corrected chi connectivity index (χ0v) is 15.2. The molecule has 1 aliphatic rings. The second kappa shape index (κ2) is 6.76. The number of nitrogens with zero attached hydrogens (tertiary/aromatic N) is 2. The number of likely N-dealkylation sites (N-methyl/N-ethyl adjacent to an activating group) is 1. The summed E-state index contributed by atoms with van der Waals surface area (Å²) in [6, 6.07) is 14.8. The summed E-state index contributed by atoms with van der Waals surface area (Å²) in [6.45, 7) is 0. The maximum absolute atomic E-state index is 12.4. The van der Waals surface area contributed by atoms with Crippen LogP contribution in [0.2, 0.25) is 0 Å². The van der Waals surface area contributed by atoms with Gasteiger partial charge in [-0.3, -0.25) is 9.69 Å². The third-order valence-electron chi connectivity index (χ3n) is 3.25. The van der Waals surface area contributed by atoms with Crippen molar-refractivity contribution >= 4 is 57.2 Å². The molecule has 1 aliphatic heterocycles. The molecule has 0 aliphatic carbocycles. The van der Waals surface area contributed by atoms with E-state index in [4.69, 9.17) is 0 Å². The standard InChI is InChI=1S/C17H13IN2O2S/c1-20-16(22)15(10-11-7-8-14(21)13(18)9-11)23-17(20)19-12-5-3-2-4-6-12/h2-10,21H,1H3/b15-10-,19-17?. The van der Waals surface area contributed by atoms with Crippen LogP contribution in [0.25, 0.3) is 6.08 Å². The fourth-order valence-electron chi connectivity index (χ4n) is 2.03. The Bertz CT molecular complexity index is 819. The molecule has 2 aromatic carbocycles. The average molecular weight is 436 g/mol. The predicted molar refractivity (Wildman–Crippen MR) is 103 cm³/mol. The minimum Gasteiger partial charge on any atom is -0.507 e. The number of phenolic OH excluding ortho intramolecular Hbond substituents is 1. The Morgan fingerprint density at radius 2 is 1.96 bits per heavy atom. The Balaban J connectivity index is 1.90. The van der Waals surface area contributed by atoms with Gasteiger partial charge in [-0.05, 0) is 70.3 Å². The summed E-state index contributed by atoms with van der Waals surface area (Å²) >= 11 is 3.41. The molecule has 116 valence electrons. The molecule has 0 atom stereocenters. The Morgan fingerprint density at radius 1 is 1.22 bits per heavy atom. The van der Waals surface area contributed by atoms with E-state index >= 15 is 0 Å². The molecule has 6 heteroatoms.